The van der Waals surface area contributed by atoms with Gasteiger partial charge in [0.15, 0.2) is 0 Å². The van der Waals surface area contributed by atoms with Crippen molar-refractivity contribution in [2.75, 3.05) is 24.3 Å². The monoisotopic (exact) mass is 334 g/mol. The van der Waals surface area contributed by atoms with Gasteiger partial charge in [0.05, 0.1) is 7.11 Å². The van der Waals surface area contributed by atoms with Crippen LogP contribution in [0.4, 0.5) is 17.5 Å². The minimum absolute atomic E-state index is 0.593. The van der Waals surface area contributed by atoms with Crippen LogP contribution in [0.1, 0.15) is 11.3 Å². The molecule has 3 rings (SSSR count). The van der Waals surface area contributed by atoms with Gasteiger partial charge in [-0.25, -0.2) is 4.98 Å². The largest absolute Gasteiger partial charge is 0.497 e. The van der Waals surface area contributed by atoms with Gasteiger partial charge in [0.2, 0.25) is 5.95 Å². The molecule has 5 nitrogen and oxygen atoms in total. The summed E-state index contributed by atoms with van der Waals surface area (Å²) in [4.78, 5) is 8.98. The van der Waals surface area contributed by atoms with Gasteiger partial charge in [-0.1, -0.05) is 30.3 Å². The molecule has 25 heavy (non-hydrogen) atoms. The normalized spacial score (nSPS) is 10.3. The molecule has 0 aliphatic carbocycles. The van der Waals surface area contributed by atoms with E-state index in [2.05, 4.69) is 32.7 Å². The minimum Gasteiger partial charge on any atom is -0.497 e. The minimum atomic E-state index is 0.593. The summed E-state index contributed by atoms with van der Waals surface area (Å²) < 4.78 is 5.26. The average molecular weight is 334 g/mol. The maximum Gasteiger partial charge on any atom is 0.229 e. The molecule has 3 aromatic rings. The van der Waals surface area contributed by atoms with Crippen LogP contribution in [0.3, 0.4) is 0 Å². The molecule has 0 saturated heterocycles. The number of anilines is 3. The maximum absolute atomic E-state index is 5.26. The molecule has 128 valence electrons. The van der Waals surface area contributed by atoms with E-state index in [-0.39, 0.29) is 0 Å². The van der Waals surface area contributed by atoms with Crippen molar-refractivity contribution in [3.63, 3.8) is 0 Å². The standard InChI is InChI=1S/C20H22N4O/c1-15-13-19(21-12-11-16-7-6-10-18(14-16)25-2)24-20(22-15)23-17-8-4-3-5-9-17/h3-10,13-14H,11-12H2,1-2H3,(H2,21,22,23,24). The van der Waals surface area contributed by atoms with E-state index in [4.69, 9.17) is 4.74 Å². The number of nitrogens with zero attached hydrogens (tertiary/aromatic N) is 2. The number of hydrogen-bond acceptors (Lipinski definition) is 5. The van der Waals surface area contributed by atoms with Gasteiger partial charge in [0.25, 0.3) is 0 Å². The number of aromatic nitrogens is 2. The van der Waals surface area contributed by atoms with Crippen molar-refractivity contribution in [2.24, 2.45) is 0 Å². The molecule has 2 N–H and O–H groups in total. The lowest BCUT2D eigenvalue weighted by Gasteiger charge is -2.10. The summed E-state index contributed by atoms with van der Waals surface area (Å²) in [5.74, 6) is 2.29. The summed E-state index contributed by atoms with van der Waals surface area (Å²) in [5.41, 5.74) is 3.10. The van der Waals surface area contributed by atoms with Crippen LogP contribution in [0.25, 0.3) is 0 Å². The third kappa shape index (κ3) is 4.94. The lowest BCUT2D eigenvalue weighted by Crippen LogP contribution is -2.08. The van der Waals surface area contributed by atoms with Crippen molar-refractivity contribution in [1.82, 2.24) is 9.97 Å². The fourth-order valence-corrected chi connectivity index (χ4v) is 2.53. The fraction of sp³-hybridized carbons (Fsp3) is 0.200. The molecule has 0 fully saturated rings. The first-order chi connectivity index (χ1) is 12.2. The molecule has 1 aromatic heterocycles. The molecule has 0 spiro atoms. The predicted molar refractivity (Wildman–Crippen MR) is 102 cm³/mol. The van der Waals surface area contributed by atoms with E-state index in [1.54, 1.807) is 7.11 Å². The fourth-order valence-electron chi connectivity index (χ4n) is 2.53. The first kappa shape index (κ1) is 16.8. The Morgan fingerprint density at radius 2 is 1.80 bits per heavy atom. The van der Waals surface area contributed by atoms with Crippen LogP contribution >= 0.6 is 0 Å². The first-order valence-electron chi connectivity index (χ1n) is 8.27. The number of ether oxygens (including phenoxy) is 1. The third-order valence-corrected chi connectivity index (χ3v) is 3.74. The van der Waals surface area contributed by atoms with Gasteiger partial charge in [-0.3, -0.25) is 0 Å². The zero-order valence-corrected chi connectivity index (χ0v) is 14.5. The Kier molecular flexibility index (Phi) is 5.46. The Hall–Kier alpha value is -3.08. The molecule has 0 radical (unpaired) electrons. The number of methoxy groups -OCH3 is 1. The first-order valence-corrected chi connectivity index (χ1v) is 8.27. The van der Waals surface area contributed by atoms with E-state index in [0.29, 0.717) is 5.95 Å². The smallest absolute Gasteiger partial charge is 0.229 e. The summed E-state index contributed by atoms with van der Waals surface area (Å²) in [5, 5.41) is 6.60. The van der Waals surface area contributed by atoms with Crippen molar-refractivity contribution in [1.29, 1.82) is 0 Å². The van der Waals surface area contributed by atoms with E-state index in [1.807, 2.05) is 55.5 Å². The van der Waals surface area contributed by atoms with Crippen LogP contribution in [-0.4, -0.2) is 23.6 Å². The van der Waals surface area contributed by atoms with E-state index >= 15 is 0 Å². The zero-order valence-electron chi connectivity index (χ0n) is 14.5. The highest BCUT2D eigenvalue weighted by Gasteiger charge is 2.03. The topological polar surface area (TPSA) is 59.1 Å². The average Bonchev–Trinajstić information content (AvgIpc) is 2.62. The van der Waals surface area contributed by atoms with Crippen molar-refractivity contribution in [2.45, 2.75) is 13.3 Å². The van der Waals surface area contributed by atoms with Crippen molar-refractivity contribution in [3.05, 3.63) is 71.9 Å². The van der Waals surface area contributed by atoms with Crippen LogP contribution in [0, 0.1) is 6.92 Å². The highest BCUT2D eigenvalue weighted by Crippen LogP contribution is 2.16. The van der Waals surface area contributed by atoms with E-state index in [9.17, 15) is 0 Å². The third-order valence-electron chi connectivity index (χ3n) is 3.74. The SMILES string of the molecule is COc1cccc(CCNc2cc(C)nc(Nc3ccccc3)n2)c1. The van der Waals surface area contributed by atoms with Gasteiger partial charge in [0, 0.05) is 24.0 Å². The van der Waals surface area contributed by atoms with Gasteiger partial charge < -0.3 is 15.4 Å². The summed E-state index contributed by atoms with van der Waals surface area (Å²) in [7, 11) is 1.68. The molecule has 0 amide bonds. The van der Waals surface area contributed by atoms with Gasteiger partial charge >= 0.3 is 0 Å². The van der Waals surface area contributed by atoms with Crippen LogP contribution < -0.4 is 15.4 Å². The molecule has 0 saturated carbocycles. The second-order valence-corrected chi connectivity index (χ2v) is 5.74. The van der Waals surface area contributed by atoms with Crippen molar-refractivity contribution in [3.8, 4) is 5.75 Å². The lowest BCUT2D eigenvalue weighted by molar-refractivity contribution is 0.414. The van der Waals surface area contributed by atoms with Crippen LogP contribution in [0.5, 0.6) is 5.75 Å². The predicted octanol–water partition coefficient (Wildman–Crippen LogP) is 4.19. The van der Waals surface area contributed by atoms with Gasteiger partial charge in [0.1, 0.15) is 11.6 Å². The molecule has 0 unspecified atom stereocenters. The van der Waals surface area contributed by atoms with E-state index < -0.39 is 0 Å². The molecule has 2 aromatic carbocycles. The highest BCUT2D eigenvalue weighted by atomic mass is 16.5. The van der Waals surface area contributed by atoms with Crippen LogP contribution in [0.2, 0.25) is 0 Å². The van der Waals surface area contributed by atoms with E-state index in [1.165, 1.54) is 5.56 Å². The number of hydrogen-bond donors (Lipinski definition) is 2. The number of nitrogens with one attached hydrogen (secondary N) is 2. The van der Waals surface area contributed by atoms with Gasteiger partial charge in [-0.05, 0) is 43.2 Å². The second-order valence-electron chi connectivity index (χ2n) is 5.74. The van der Waals surface area contributed by atoms with E-state index in [0.717, 1.165) is 35.9 Å². The number of para-hydroxylation sites is 1. The number of rotatable bonds is 7. The summed E-state index contributed by atoms with van der Waals surface area (Å²) in [6.45, 7) is 2.75. The molecular formula is C20H22N4O. The Bertz CT molecular complexity index is 821. The van der Waals surface area contributed by atoms with Crippen LogP contribution in [0.15, 0.2) is 60.7 Å². The lowest BCUT2D eigenvalue weighted by atomic mass is 10.1. The second kappa shape index (κ2) is 8.15. The van der Waals surface area contributed by atoms with Crippen molar-refractivity contribution < 1.29 is 4.74 Å². The molecule has 0 aliphatic heterocycles. The Morgan fingerprint density at radius 3 is 2.60 bits per heavy atom. The molecular weight excluding hydrogens is 312 g/mol. The summed E-state index contributed by atoms with van der Waals surface area (Å²) >= 11 is 0. The Morgan fingerprint density at radius 1 is 0.960 bits per heavy atom. The van der Waals surface area contributed by atoms with Gasteiger partial charge in [-0.2, -0.15) is 4.98 Å². The molecule has 0 bridgehead atoms. The van der Waals surface area contributed by atoms with Crippen LogP contribution in [-0.2, 0) is 6.42 Å². The summed E-state index contributed by atoms with van der Waals surface area (Å²) in [6.07, 6.45) is 0.891. The molecule has 5 heteroatoms. The maximum atomic E-state index is 5.26. The van der Waals surface area contributed by atoms with Gasteiger partial charge in [-0.15, -0.1) is 0 Å². The molecule has 0 atom stereocenters. The quantitative estimate of drug-likeness (QED) is 0.678. The van der Waals surface area contributed by atoms with Crippen molar-refractivity contribution >= 4 is 17.5 Å². The highest BCUT2D eigenvalue weighted by molar-refractivity contribution is 5.55. The molecule has 0 aliphatic rings. The zero-order chi connectivity index (χ0) is 17.5. The summed E-state index contributed by atoms with van der Waals surface area (Å²) in [6, 6.07) is 20.0. The Labute approximate surface area is 148 Å². The Balaban J connectivity index is 1.62. The molecule has 1 heterocycles. The number of benzene rings is 2. The number of aryl methyl sites for hydroxylation is 1.